The van der Waals surface area contributed by atoms with E-state index >= 15 is 8.78 Å². The smallest absolute Gasteiger partial charge is 0.290 e. The zero-order chi connectivity index (χ0) is 25.3. The van der Waals surface area contributed by atoms with Crippen LogP contribution in [-0.2, 0) is 5.92 Å². The summed E-state index contributed by atoms with van der Waals surface area (Å²) < 4.78 is 32.6. The highest BCUT2D eigenvalue weighted by molar-refractivity contribution is 7.17. The third kappa shape index (κ3) is 4.07. The minimum atomic E-state index is -3.34. The van der Waals surface area contributed by atoms with Gasteiger partial charge >= 0.3 is 0 Å². The molecule has 36 heavy (non-hydrogen) atoms. The van der Waals surface area contributed by atoms with Crippen LogP contribution in [0.15, 0.2) is 54.6 Å². The van der Waals surface area contributed by atoms with Crippen LogP contribution in [0.3, 0.4) is 0 Å². The molecule has 13 heteroatoms. The standard InChI is InChI=1S/C23H17F2N9OS.H2/c1-2-6-23(24,25)20-16(12-31-33(20)18-5-3-4-17-19(18)36-13-28-17)22(35)32-15-9-14(10-26)21(27-11-15)34-29-7-8-30-34;/h3-5,7-9,11-13H,2,6H2,1H3,(H,32,35);1H. The van der Waals surface area contributed by atoms with Crippen LogP contribution in [0.1, 0.15) is 42.8 Å². The molecular formula is C23H19F2N9OS. The molecule has 0 atom stereocenters. The first-order valence-corrected chi connectivity index (χ1v) is 11.7. The van der Waals surface area contributed by atoms with Gasteiger partial charge in [-0.2, -0.15) is 29.3 Å². The first-order valence-electron chi connectivity index (χ1n) is 10.8. The highest BCUT2D eigenvalue weighted by Gasteiger charge is 2.40. The summed E-state index contributed by atoms with van der Waals surface area (Å²) in [7, 11) is 0. The summed E-state index contributed by atoms with van der Waals surface area (Å²) >= 11 is 1.30. The van der Waals surface area contributed by atoms with Crippen LogP contribution in [0.25, 0.3) is 21.7 Å². The number of carbonyl (C=O) groups is 1. The number of halogens is 2. The number of hydrogen-bond donors (Lipinski definition) is 1. The topological polar surface area (TPSA) is 127 Å². The van der Waals surface area contributed by atoms with Crippen molar-refractivity contribution >= 4 is 33.1 Å². The molecule has 4 aromatic heterocycles. The Kier molecular flexibility index (Phi) is 5.95. The molecule has 1 amide bonds. The van der Waals surface area contributed by atoms with E-state index in [1.165, 1.54) is 36.0 Å². The summed E-state index contributed by atoms with van der Waals surface area (Å²) in [5.74, 6) is -3.98. The van der Waals surface area contributed by atoms with E-state index in [0.29, 0.717) is 15.9 Å². The van der Waals surface area contributed by atoms with Gasteiger partial charge < -0.3 is 5.32 Å². The van der Waals surface area contributed by atoms with Crippen molar-refractivity contribution in [3.63, 3.8) is 0 Å². The Morgan fingerprint density at radius 3 is 2.78 bits per heavy atom. The first kappa shape index (κ1) is 23.2. The molecule has 1 aromatic carbocycles. The maximum absolute atomic E-state index is 15.4. The molecule has 0 spiro atoms. The Balaban J connectivity index is 0.00000320. The van der Waals surface area contributed by atoms with E-state index in [9.17, 15) is 10.1 Å². The third-order valence-corrected chi connectivity index (χ3v) is 6.21. The van der Waals surface area contributed by atoms with Crippen molar-refractivity contribution < 1.29 is 15.0 Å². The van der Waals surface area contributed by atoms with Gasteiger partial charge in [0.25, 0.3) is 11.8 Å². The van der Waals surface area contributed by atoms with Gasteiger partial charge in [-0.3, -0.25) is 4.79 Å². The van der Waals surface area contributed by atoms with Crippen LogP contribution >= 0.6 is 11.3 Å². The number of benzene rings is 1. The summed E-state index contributed by atoms with van der Waals surface area (Å²) in [5.41, 5.74) is 2.11. The lowest BCUT2D eigenvalue weighted by atomic mass is 10.1. The number of rotatable bonds is 7. The summed E-state index contributed by atoms with van der Waals surface area (Å²) in [6, 6.07) is 8.48. The average molecular weight is 508 g/mol. The summed E-state index contributed by atoms with van der Waals surface area (Å²) in [5, 5.41) is 24.1. The number of alkyl halides is 2. The fourth-order valence-corrected chi connectivity index (χ4v) is 4.60. The Hall–Kier alpha value is -4.57. The lowest BCUT2D eigenvalue weighted by Gasteiger charge is -2.19. The molecule has 0 aliphatic rings. The number of nitrogens with zero attached hydrogens (tertiary/aromatic N) is 8. The van der Waals surface area contributed by atoms with E-state index in [1.807, 2.05) is 6.07 Å². The number of pyridine rings is 1. The number of fused-ring (bicyclic) bond motifs is 1. The second-order valence-electron chi connectivity index (χ2n) is 7.73. The SMILES string of the molecule is CCCC(F)(F)c1c(C(=O)Nc2cnc(-n3nccn3)c(C#N)c2)cnn1-c1cccc2ncsc12.[HH]. The summed E-state index contributed by atoms with van der Waals surface area (Å²) in [6.45, 7) is 1.64. The quantitative estimate of drug-likeness (QED) is 0.338. The predicted molar refractivity (Wildman–Crippen MR) is 129 cm³/mol. The maximum Gasteiger partial charge on any atom is 0.290 e. The molecule has 0 aliphatic carbocycles. The largest absolute Gasteiger partial charge is 0.320 e. The Bertz CT molecular complexity index is 1610. The van der Waals surface area contributed by atoms with Crippen molar-refractivity contribution in [1.82, 2.24) is 34.7 Å². The zero-order valence-electron chi connectivity index (χ0n) is 18.8. The van der Waals surface area contributed by atoms with E-state index < -0.39 is 23.9 Å². The molecule has 182 valence electrons. The van der Waals surface area contributed by atoms with Crippen molar-refractivity contribution in [1.29, 1.82) is 5.26 Å². The van der Waals surface area contributed by atoms with Gasteiger partial charge in [0.15, 0.2) is 5.82 Å². The van der Waals surface area contributed by atoms with Crippen LogP contribution in [0.4, 0.5) is 14.5 Å². The molecule has 0 bridgehead atoms. The molecule has 0 fully saturated rings. The number of nitriles is 1. The first-order chi connectivity index (χ1) is 17.4. The monoisotopic (exact) mass is 507 g/mol. The number of carbonyl (C=O) groups excluding carboxylic acids is 1. The molecule has 0 saturated carbocycles. The average Bonchev–Trinajstić information content (AvgIpc) is 3.64. The van der Waals surface area contributed by atoms with Crippen molar-refractivity contribution in [2.75, 3.05) is 5.32 Å². The molecule has 0 saturated heterocycles. The molecule has 10 nitrogen and oxygen atoms in total. The molecule has 5 rings (SSSR count). The van der Waals surface area contributed by atoms with E-state index in [0.717, 1.165) is 15.7 Å². The fourth-order valence-electron chi connectivity index (χ4n) is 3.81. The van der Waals surface area contributed by atoms with E-state index in [4.69, 9.17) is 0 Å². The van der Waals surface area contributed by atoms with Gasteiger partial charge in [0.2, 0.25) is 0 Å². The zero-order valence-corrected chi connectivity index (χ0v) is 19.6. The molecule has 4 heterocycles. The van der Waals surface area contributed by atoms with Gasteiger partial charge in [0.1, 0.15) is 17.3 Å². The number of anilines is 1. The minimum absolute atomic E-state index is 0. The Morgan fingerprint density at radius 1 is 1.22 bits per heavy atom. The highest BCUT2D eigenvalue weighted by atomic mass is 32.1. The lowest BCUT2D eigenvalue weighted by Crippen LogP contribution is -2.24. The summed E-state index contributed by atoms with van der Waals surface area (Å²) in [6.07, 6.45) is 5.01. The van der Waals surface area contributed by atoms with Crippen LogP contribution in [0, 0.1) is 11.3 Å². The van der Waals surface area contributed by atoms with Gasteiger partial charge in [-0.05, 0) is 18.2 Å². The van der Waals surface area contributed by atoms with E-state index in [2.05, 4.69) is 30.6 Å². The van der Waals surface area contributed by atoms with Crippen LogP contribution in [0.2, 0.25) is 0 Å². The number of hydrogen-bond acceptors (Lipinski definition) is 8. The minimum Gasteiger partial charge on any atom is -0.320 e. The van der Waals surface area contributed by atoms with Gasteiger partial charge in [-0.1, -0.05) is 19.4 Å². The molecule has 5 aromatic rings. The van der Waals surface area contributed by atoms with Gasteiger partial charge in [-0.15, -0.1) is 16.1 Å². The van der Waals surface area contributed by atoms with Gasteiger partial charge in [0.05, 0.1) is 57.5 Å². The molecular weight excluding hydrogens is 488 g/mol. The predicted octanol–water partition coefficient (Wildman–Crippen LogP) is 4.72. The van der Waals surface area contributed by atoms with Gasteiger partial charge in [-0.25, -0.2) is 14.6 Å². The second-order valence-corrected chi connectivity index (χ2v) is 8.59. The Labute approximate surface area is 208 Å². The van der Waals surface area contributed by atoms with E-state index in [1.54, 1.807) is 30.6 Å². The second kappa shape index (κ2) is 9.23. The maximum atomic E-state index is 15.4. The highest BCUT2D eigenvalue weighted by Crippen LogP contribution is 2.38. The fraction of sp³-hybridized carbons (Fsp3) is 0.174. The number of nitrogens with one attached hydrogen (secondary N) is 1. The summed E-state index contributed by atoms with van der Waals surface area (Å²) in [4.78, 5) is 22.8. The van der Waals surface area contributed by atoms with Crippen molar-refractivity contribution in [3.8, 4) is 17.6 Å². The molecule has 0 aliphatic heterocycles. The molecule has 0 radical (unpaired) electrons. The van der Waals surface area contributed by atoms with E-state index in [-0.39, 0.29) is 30.5 Å². The van der Waals surface area contributed by atoms with Crippen LogP contribution in [0.5, 0.6) is 0 Å². The Morgan fingerprint density at radius 2 is 2.03 bits per heavy atom. The van der Waals surface area contributed by atoms with Crippen molar-refractivity contribution in [2.45, 2.75) is 25.7 Å². The normalized spacial score (nSPS) is 11.5. The third-order valence-electron chi connectivity index (χ3n) is 5.34. The van der Waals surface area contributed by atoms with Crippen molar-refractivity contribution in [3.05, 3.63) is 71.4 Å². The van der Waals surface area contributed by atoms with Crippen molar-refractivity contribution in [2.24, 2.45) is 0 Å². The van der Waals surface area contributed by atoms with Gasteiger partial charge in [0, 0.05) is 7.85 Å². The number of thiazole rings is 1. The number of amides is 1. The lowest BCUT2D eigenvalue weighted by molar-refractivity contribution is -0.0213. The van der Waals surface area contributed by atoms with Crippen LogP contribution in [-0.4, -0.2) is 40.6 Å². The molecule has 0 unspecified atom stereocenters. The molecule has 1 N–H and O–H groups in total. The van der Waals surface area contributed by atoms with Crippen LogP contribution < -0.4 is 5.32 Å². The number of aromatic nitrogens is 7.